The van der Waals surface area contributed by atoms with Crippen molar-refractivity contribution in [3.63, 3.8) is 0 Å². The monoisotopic (exact) mass is 175 g/mol. The van der Waals surface area contributed by atoms with Gasteiger partial charge in [-0.25, -0.2) is 0 Å². The molecule has 0 aliphatic heterocycles. The van der Waals surface area contributed by atoms with Crippen LogP contribution in [-0.4, -0.2) is 6.04 Å². The smallest absolute Gasteiger partial charge is 0.00448 e. The van der Waals surface area contributed by atoms with Gasteiger partial charge < -0.3 is 5.73 Å². The highest BCUT2D eigenvalue weighted by atomic mass is 14.6. The molecule has 1 aromatic carbocycles. The first-order valence-corrected chi connectivity index (χ1v) is 5.08. The normalized spacial score (nSPS) is 27.8. The van der Waals surface area contributed by atoms with Gasteiger partial charge in [-0.15, -0.1) is 0 Å². The second kappa shape index (κ2) is 3.51. The molecule has 0 heterocycles. The van der Waals surface area contributed by atoms with Crippen molar-refractivity contribution in [3.05, 3.63) is 35.4 Å². The van der Waals surface area contributed by atoms with Gasteiger partial charge >= 0.3 is 0 Å². The SMILES string of the molecule is Cc1ccccc1C1CCC(N)C1. The third-order valence-corrected chi connectivity index (χ3v) is 3.10. The molecule has 1 aromatic rings. The summed E-state index contributed by atoms with van der Waals surface area (Å²) < 4.78 is 0. The Morgan fingerprint density at radius 3 is 2.62 bits per heavy atom. The molecule has 0 saturated heterocycles. The van der Waals surface area contributed by atoms with E-state index in [2.05, 4.69) is 31.2 Å². The predicted molar refractivity (Wildman–Crippen MR) is 55.7 cm³/mol. The van der Waals surface area contributed by atoms with E-state index >= 15 is 0 Å². The lowest BCUT2D eigenvalue weighted by Crippen LogP contribution is -2.14. The quantitative estimate of drug-likeness (QED) is 0.697. The van der Waals surface area contributed by atoms with Crippen LogP contribution in [0.2, 0.25) is 0 Å². The van der Waals surface area contributed by atoms with E-state index in [-0.39, 0.29) is 0 Å². The van der Waals surface area contributed by atoms with Crippen molar-refractivity contribution in [3.8, 4) is 0 Å². The van der Waals surface area contributed by atoms with E-state index < -0.39 is 0 Å². The molecule has 1 aliphatic carbocycles. The number of hydrogen-bond acceptors (Lipinski definition) is 1. The van der Waals surface area contributed by atoms with Crippen LogP contribution in [0, 0.1) is 6.92 Å². The first-order valence-electron chi connectivity index (χ1n) is 5.08. The van der Waals surface area contributed by atoms with E-state index in [9.17, 15) is 0 Å². The maximum atomic E-state index is 5.91. The first-order chi connectivity index (χ1) is 6.27. The fourth-order valence-corrected chi connectivity index (χ4v) is 2.34. The van der Waals surface area contributed by atoms with Gasteiger partial charge in [0.2, 0.25) is 0 Å². The van der Waals surface area contributed by atoms with E-state index in [0.717, 1.165) is 5.92 Å². The highest BCUT2D eigenvalue weighted by molar-refractivity contribution is 5.30. The molecular weight excluding hydrogens is 158 g/mol. The van der Waals surface area contributed by atoms with Crippen molar-refractivity contribution in [2.75, 3.05) is 0 Å². The maximum Gasteiger partial charge on any atom is 0.00448 e. The van der Waals surface area contributed by atoms with Gasteiger partial charge in [-0.3, -0.25) is 0 Å². The van der Waals surface area contributed by atoms with Gasteiger partial charge in [-0.05, 0) is 43.2 Å². The molecule has 1 fully saturated rings. The number of nitrogens with two attached hydrogens (primary N) is 1. The molecule has 0 aromatic heterocycles. The topological polar surface area (TPSA) is 26.0 Å². The highest BCUT2D eigenvalue weighted by Gasteiger charge is 2.23. The predicted octanol–water partition coefficient (Wildman–Crippen LogP) is 2.59. The molecule has 2 atom stereocenters. The Morgan fingerprint density at radius 1 is 1.23 bits per heavy atom. The summed E-state index contributed by atoms with van der Waals surface area (Å²) in [5, 5.41) is 0. The molecule has 1 aliphatic rings. The standard InChI is InChI=1S/C12H17N/c1-9-4-2-3-5-12(9)10-6-7-11(13)8-10/h2-5,10-11H,6-8,13H2,1H3. The van der Waals surface area contributed by atoms with Crippen LogP contribution >= 0.6 is 0 Å². The lowest BCUT2D eigenvalue weighted by molar-refractivity contribution is 0.672. The van der Waals surface area contributed by atoms with Crippen LogP contribution in [0.5, 0.6) is 0 Å². The summed E-state index contributed by atoms with van der Waals surface area (Å²) in [6.07, 6.45) is 3.63. The lowest BCUT2D eigenvalue weighted by atomic mass is 9.93. The van der Waals surface area contributed by atoms with Crippen LogP contribution in [-0.2, 0) is 0 Å². The molecule has 13 heavy (non-hydrogen) atoms. The fourth-order valence-electron chi connectivity index (χ4n) is 2.34. The fraction of sp³-hybridized carbons (Fsp3) is 0.500. The zero-order valence-corrected chi connectivity index (χ0v) is 8.16. The van der Waals surface area contributed by atoms with Gasteiger partial charge in [0.25, 0.3) is 0 Å². The first kappa shape index (κ1) is 8.76. The van der Waals surface area contributed by atoms with Crippen LogP contribution in [0.15, 0.2) is 24.3 Å². The number of hydrogen-bond donors (Lipinski definition) is 1. The van der Waals surface area contributed by atoms with Crippen LogP contribution in [0.4, 0.5) is 0 Å². The molecule has 2 rings (SSSR count). The molecule has 0 spiro atoms. The Kier molecular flexibility index (Phi) is 2.36. The second-order valence-corrected chi connectivity index (χ2v) is 4.13. The molecule has 0 amide bonds. The van der Waals surface area contributed by atoms with Crippen molar-refractivity contribution >= 4 is 0 Å². The van der Waals surface area contributed by atoms with Crippen molar-refractivity contribution in [1.29, 1.82) is 0 Å². The Hall–Kier alpha value is -0.820. The van der Waals surface area contributed by atoms with Gasteiger partial charge in [-0.2, -0.15) is 0 Å². The molecule has 1 nitrogen and oxygen atoms in total. The zero-order chi connectivity index (χ0) is 9.26. The lowest BCUT2D eigenvalue weighted by Gasteiger charge is -2.12. The Labute approximate surface area is 80.0 Å². The summed E-state index contributed by atoms with van der Waals surface area (Å²) in [7, 11) is 0. The number of benzene rings is 1. The number of rotatable bonds is 1. The minimum absolute atomic E-state index is 0.435. The van der Waals surface area contributed by atoms with Crippen LogP contribution in [0.25, 0.3) is 0 Å². The molecular formula is C12H17N. The largest absolute Gasteiger partial charge is 0.328 e. The van der Waals surface area contributed by atoms with E-state index in [4.69, 9.17) is 5.73 Å². The van der Waals surface area contributed by atoms with Gasteiger partial charge in [-0.1, -0.05) is 24.3 Å². The van der Waals surface area contributed by atoms with E-state index in [0.29, 0.717) is 6.04 Å². The summed E-state index contributed by atoms with van der Waals surface area (Å²) >= 11 is 0. The molecule has 0 radical (unpaired) electrons. The average molecular weight is 175 g/mol. The van der Waals surface area contributed by atoms with E-state index in [1.807, 2.05) is 0 Å². The van der Waals surface area contributed by atoms with Gasteiger partial charge in [0.15, 0.2) is 0 Å². The molecule has 1 saturated carbocycles. The minimum atomic E-state index is 0.435. The van der Waals surface area contributed by atoms with Crippen molar-refractivity contribution in [1.82, 2.24) is 0 Å². The Morgan fingerprint density at radius 2 is 2.00 bits per heavy atom. The Bertz CT molecular complexity index is 293. The average Bonchev–Trinajstić information content (AvgIpc) is 2.53. The van der Waals surface area contributed by atoms with Crippen molar-refractivity contribution < 1.29 is 0 Å². The highest BCUT2D eigenvalue weighted by Crippen LogP contribution is 2.34. The summed E-state index contributed by atoms with van der Waals surface area (Å²) in [6.45, 7) is 2.19. The van der Waals surface area contributed by atoms with Gasteiger partial charge in [0.1, 0.15) is 0 Å². The second-order valence-electron chi connectivity index (χ2n) is 4.13. The van der Waals surface area contributed by atoms with Gasteiger partial charge in [0.05, 0.1) is 0 Å². The molecule has 0 bridgehead atoms. The summed E-state index contributed by atoms with van der Waals surface area (Å²) in [6, 6.07) is 9.11. The minimum Gasteiger partial charge on any atom is -0.328 e. The summed E-state index contributed by atoms with van der Waals surface area (Å²) in [4.78, 5) is 0. The molecule has 1 heteroatoms. The van der Waals surface area contributed by atoms with E-state index in [1.165, 1.54) is 30.4 Å². The summed E-state index contributed by atoms with van der Waals surface area (Å²) in [5.41, 5.74) is 8.84. The molecule has 2 unspecified atom stereocenters. The van der Waals surface area contributed by atoms with Gasteiger partial charge in [0, 0.05) is 6.04 Å². The van der Waals surface area contributed by atoms with Crippen LogP contribution in [0.1, 0.15) is 36.3 Å². The van der Waals surface area contributed by atoms with Crippen molar-refractivity contribution in [2.24, 2.45) is 5.73 Å². The molecule has 70 valence electrons. The van der Waals surface area contributed by atoms with Crippen LogP contribution in [0.3, 0.4) is 0 Å². The number of aryl methyl sites for hydroxylation is 1. The third kappa shape index (κ3) is 1.75. The third-order valence-electron chi connectivity index (χ3n) is 3.10. The Balaban J connectivity index is 2.21. The zero-order valence-electron chi connectivity index (χ0n) is 8.16. The molecule has 2 N–H and O–H groups in total. The maximum absolute atomic E-state index is 5.91. The van der Waals surface area contributed by atoms with Crippen molar-refractivity contribution in [2.45, 2.75) is 38.1 Å². The van der Waals surface area contributed by atoms with Crippen LogP contribution < -0.4 is 5.73 Å². The summed E-state index contributed by atoms with van der Waals surface area (Å²) in [5.74, 6) is 0.719. The van der Waals surface area contributed by atoms with E-state index in [1.54, 1.807) is 0 Å².